The molecule has 0 saturated heterocycles. The van der Waals surface area contributed by atoms with Gasteiger partial charge in [0.1, 0.15) is 10.7 Å². The molecule has 32 heavy (non-hydrogen) atoms. The number of nitrogens with one attached hydrogen (secondary N) is 1. The van der Waals surface area contributed by atoms with Crippen molar-refractivity contribution >= 4 is 29.2 Å². The third kappa shape index (κ3) is 6.10. The molecule has 178 valence electrons. The summed E-state index contributed by atoms with van der Waals surface area (Å²) in [5.74, 6) is 3.15. The number of aromatic nitrogens is 2. The van der Waals surface area contributed by atoms with Crippen LogP contribution >= 0.6 is 11.8 Å². The lowest BCUT2D eigenvalue weighted by molar-refractivity contribution is 0.182. The molecule has 0 bridgehead atoms. The molecule has 0 unspecified atom stereocenters. The van der Waals surface area contributed by atoms with Gasteiger partial charge >= 0.3 is 0 Å². The largest absolute Gasteiger partial charge is 0.493 e. The maximum absolute atomic E-state index is 5.60. The average Bonchev–Trinajstić information content (AvgIpc) is 2.79. The van der Waals surface area contributed by atoms with Gasteiger partial charge in [-0.3, -0.25) is 4.90 Å². The predicted octanol–water partition coefficient (Wildman–Crippen LogP) is 4.52. The van der Waals surface area contributed by atoms with Gasteiger partial charge in [0.25, 0.3) is 0 Å². The first-order valence-corrected chi connectivity index (χ1v) is 11.9. The van der Waals surface area contributed by atoms with Crippen molar-refractivity contribution in [1.29, 1.82) is 0 Å². The number of benzene rings is 1. The van der Waals surface area contributed by atoms with Gasteiger partial charge in [0.05, 0.1) is 21.3 Å². The summed E-state index contributed by atoms with van der Waals surface area (Å²) >= 11 is 1.56. The van der Waals surface area contributed by atoms with Crippen LogP contribution in [0.3, 0.4) is 0 Å². The number of nitrogens with zero attached hydrogens (tertiary/aromatic N) is 4. The highest BCUT2D eigenvalue weighted by atomic mass is 32.2. The third-order valence-corrected chi connectivity index (χ3v) is 6.04. The summed E-state index contributed by atoms with van der Waals surface area (Å²) in [5.41, 5.74) is 0.873. The van der Waals surface area contributed by atoms with Crippen LogP contribution in [0.25, 0.3) is 0 Å². The molecule has 0 radical (unpaired) electrons. The lowest BCUT2D eigenvalue weighted by atomic mass is 10.2. The summed E-state index contributed by atoms with van der Waals surface area (Å²) in [6.07, 6.45) is 2.00. The maximum Gasteiger partial charge on any atom is 0.234 e. The minimum absolute atomic E-state index is 0.475. The third-order valence-electron chi connectivity index (χ3n) is 5.26. The molecule has 1 aromatic carbocycles. The normalized spacial score (nSPS) is 11.2. The Morgan fingerprint density at radius 2 is 1.62 bits per heavy atom. The monoisotopic (exact) mass is 463 g/mol. The van der Waals surface area contributed by atoms with E-state index in [0.717, 1.165) is 29.5 Å². The number of rotatable bonds is 12. The molecule has 0 aliphatic heterocycles. The molecule has 2 aromatic rings. The summed E-state index contributed by atoms with van der Waals surface area (Å²) in [4.78, 5) is 14.7. The molecular formula is C23H37N5O3S. The Hall–Kier alpha value is -2.39. The summed E-state index contributed by atoms with van der Waals surface area (Å²) in [5, 5.41) is 3.50. The van der Waals surface area contributed by atoms with Gasteiger partial charge in [-0.2, -0.15) is 9.97 Å². The molecule has 0 fully saturated rings. The van der Waals surface area contributed by atoms with Crippen molar-refractivity contribution < 1.29 is 14.2 Å². The van der Waals surface area contributed by atoms with Crippen molar-refractivity contribution in [1.82, 2.24) is 14.9 Å². The van der Waals surface area contributed by atoms with E-state index >= 15 is 0 Å². The van der Waals surface area contributed by atoms with E-state index < -0.39 is 0 Å². The zero-order valence-corrected chi connectivity index (χ0v) is 21.5. The lowest BCUT2D eigenvalue weighted by Gasteiger charge is -2.30. The van der Waals surface area contributed by atoms with Crippen molar-refractivity contribution in [3.8, 4) is 17.4 Å². The van der Waals surface area contributed by atoms with Crippen LogP contribution in [0.1, 0.15) is 27.7 Å². The molecule has 0 aliphatic carbocycles. The Labute approximate surface area is 196 Å². The summed E-state index contributed by atoms with van der Waals surface area (Å²) < 4.78 is 16.4. The first-order chi connectivity index (χ1) is 15.3. The van der Waals surface area contributed by atoms with Crippen molar-refractivity contribution in [2.75, 3.05) is 57.9 Å². The van der Waals surface area contributed by atoms with E-state index in [1.54, 1.807) is 33.1 Å². The van der Waals surface area contributed by atoms with Crippen LogP contribution in [0.2, 0.25) is 0 Å². The number of methoxy groups -OCH3 is 3. The molecule has 2 rings (SSSR count). The second-order valence-electron chi connectivity index (χ2n) is 7.87. The molecule has 1 aromatic heterocycles. The molecule has 0 spiro atoms. The quantitative estimate of drug-likeness (QED) is 0.457. The Bertz CT molecular complexity index is 871. The van der Waals surface area contributed by atoms with Crippen molar-refractivity contribution in [3.05, 3.63) is 18.2 Å². The minimum Gasteiger partial charge on any atom is -0.493 e. The highest BCUT2D eigenvalue weighted by Gasteiger charge is 2.19. The van der Waals surface area contributed by atoms with Crippen LogP contribution in [0.15, 0.2) is 23.1 Å². The number of anilines is 3. The molecule has 0 atom stereocenters. The standard InChI is InChI=1S/C23H37N5O3S/c1-15(2)28(16(3)4)13-12-24-21-20(32-9)22(31-8)26-23(25-21)27(5)17-10-11-18(29-6)19(14-17)30-7/h10-11,14-16H,12-13H2,1-9H3,(H,24,25,26). The number of hydrogen-bond donors (Lipinski definition) is 1. The van der Waals surface area contributed by atoms with E-state index in [1.807, 2.05) is 36.4 Å². The molecule has 9 heteroatoms. The van der Waals surface area contributed by atoms with Crippen LogP contribution in [-0.4, -0.2) is 74.7 Å². The van der Waals surface area contributed by atoms with Gasteiger partial charge in [0.2, 0.25) is 11.8 Å². The Morgan fingerprint density at radius 1 is 0.969 bits per heavy atom. The Morgan fingerprint density at radius 3 is 2.16 bits per heavy atom. The minimum atomic E-state index is 0.475. The van der Waals surface area contributed by atoms with Gasteiger partial charge in [-0.25, -0.2) is 0 Å². The smallest absolute Gasteiger partial charge is 0.234 e. The first kappa shape index (κ1) is 25.9. The van der Waals surface area contributed by atoms with Gasteiger partial charge in [-0.05, 0) is 46.1 Å². The van der Waals surface area contributed by atoms with Gasteiger partial charge < -0.3 is 24.4 Å². The Kier molecular flexibility index (Phi) is 9.71. The van der Waals surface area contributed by atoms with E-state index in [0.29, 0.717) is 35.4 Å². The van der Waals surface area contributed by atoms with E-state index in [9.17, 15) is 0 Å². The van der Waals surface area contributed by atoms with Crippen LogP contribution in [0, 0.1) is 0 Å². The number of thioether (sulfide) groups is 1. The Balaban J connectivity index is 2.34. The van der Waals surface area contributed by atoms with Gasteiger partial charge in [0.15, 0.2) is 11.5 Å². The summed E-state index contributed by atoms with van der Waals surface area (Å²) in [6.45, 7) is 10.6. The fraction of sp³-hybridized carbons (Fsp3) is 0.565. The summed E-state index contributed by atoms with van der Waals surface area (Å²) in [6, 6.07) is 6.65. The van der Waals surface area contributed by atoms with Gasteiger partial charge in [-0.15, -0.1) is 11.8 Å². The van der Waals surface area contributed by atoms with Crippen LogP contribution in [-0.2, 0) is 0 Å². The highest BCUT2D eigenvalue weighted by Crippen LogP contribution is 2.37. The highest BCUT2D eigenvalue weighted by molar-refractivity contribution is 7.98. The summed E-state index contributed by atoms with van der Waals surface area (Å²) in [7, 11) is 6.78. The van der Waals surface area contributed by atoms with E-state index in [1.165, 1.54) is 0 Å². The van der Waals surface area contributed by atoms with Crippen LogP contribution in [0.4, 0.5) is 17.5 Å². The van der Waals surface area contributed by atoms with Crippen molar-refractivity contribution in [2.24, 2.45) is 0 Å². The molecule has 0 aliphatic rings. The van der Waals surface area contributed by atoms with Gasteiger partial charge in [-0.1, -0.05) is 0 Å². The molecule has 1 N–H and O–H groups in total. The zero-order chi connectivity index (χ0) is 23.8. The SMILES string of the molecule is COc1ccc(N(C)c2nc(NCCN(C(C)C)C(C)C)c(SC)c(OC)n2)cc1OC. The van der Waals surface area contributed by atoms with E-state index in [2.05, 4.69) is 42.9 Å². The van der Waals surface area contributed by atoms with Crippen molar-refractivity contribution in [3.63, 3.8) is 0 Å². The van der Waals surface area contributed by atoms with Crippen LogP contribution < -0.4 is 24.4 Å². The topological polar surface area (TPSA) is 72.0 Å². The molecular weight excluding hydrogens is 426 g/mol. The average molecular weight is 464 g/mol. The molecule has 8 nitrogen and oxygen atoms in total. The number of ether oxygens (including phenoxy) is 3. The molecule has 0 saturated carbocycles. The number of hydrogen-bond acceptors (Lipinski definition) is 9. The predicted molar refractivity (Wildman–Crippen MR) is 133 cm³/mol. The molecule has 1 heterocycles. The first-order valence-electron chi connectivity index (χ1n) is 10.7. The van der Waals surface area contributed by atoms with Crippen LogP contribution in [0.5, 0.6) is 17.4 Å². The van der Waals surface area contributed by atoms with E-state index in [-0.39, 0.29) is 0 Å². The van der Waals surface area contributed by atoms with E-state index in [4.69, 9.17) is 19.2 Å². The second kappa shape index (κ2) is 12.0. The fourth-order valence-electron chi connectivity index (χ4n) is 3.58. The maximum atomic E-state index is 5.60. The second-order valence-corrected chi connectivity index (χ2v) is 8.68. The lowest BCUT2D eigenvalue weighted by Crippen LogP contribution is -2.40. The molecule has 0 amide bonds. The fourth-order valence-corrected chi connectivity index (χ4v) is 4.19. The van der Waals surface area contributed by atoms with Crippen molar-refractivity contribution in [2.45, 2.75) is 44.7 Å². The van der Waals surface area contributed by atoms with Gasteiger partial charge in [0, 0.05) is 44.0 Å². The zero-order valence-electron chi connectivity index (χ0n) is 20.7.